The zero-order valence-corrected chi connectivity index (χ0v) is 11.5. The van der Waals surface area contributed by atoms with Gasteiger partial charge in [0.1, 0.15) is 12.4 Å². The van der Waals surface area contributed by atoms with Gasteiger partial charge in [-0.15, -0.1) is 0 Å². The maximum Gasteiger partial charge on any atom is 0.123 e. The lowest BCUT2D eigenvalue weighted by Gasteiger charge is -2.20. The number of hydrogen-bond donors (Lipinski definition) is 1. The minimum Gasteiger partial charge on any atom is -0.491 e. The first kappa shape index (κ1) is 13.4. The number of benzene rings is 1. The molecule has 0 aromatic heterocycles. The summed E-state index contributed by atoms with van der Waals surface area (Å²) in [5.74, 6) is 0.958. The van der Waals surface area contributed by atoms with Gasteiger partial charge in [-0.3, -0.25) is 0 Å². The molecule has 1 aromatic rings. The van der Waals surface area contributed by atoms with E-state index >= 15 is 0 Å². The van der Waals surface area contributed by atoms with Crippen LogP contribution in [0.5, 0.6) is 5.75 Å². The molecule has 0 radical (unpaired) electrons. The van der Waals surface area contributed by atoms with Gasteiger partial charge in [0.05, 0.1) is 11.7 Å². The van der Waals surface area contributed by atoms with Crippen LogP contribution in [-0.2, 0) is 11.3 Å². The van der Waals surface area contributed by atoms with E-state index in [1.54, 1.807) is 0 Å². The molecule has 1 unspecified atom stereocenters. The Balaban J connectivity index is 1.90. The van der Waals surface area contributed by atoms with Gasteiger partial charge >= 0.3 is 0 Å². The summed E-state index contributed by atoms with van der Waals surface area (Å²) in [6.07, 6.45) is 2.42. The first-order chi connectivity index (χ1) is 8.61. The molecular weight excluding hydrogens is 226 g/mol. The van der Waals surface area contributed by atoms with Crippen LogP contribution in [0.15, 0.2) is 24.3 Å². The van der Waals surface area contributed by atoms with Crippen molar-refractivity contribution >= 4 is 0 Å². The fourth-order valence-electron chi connectivity index (χ4n) is 2.36. The lowest BCUT2D eigenvalue weighted by molar-refractivity contribution is -0.0327. The first-order valence-electron chi connectivity index (χ1n) is 6.64. The molecule has 1 aliphatic heterocycles. The molecule has 18 heavy (non-hydrogen) atoms. The van der Waals surface area contributed by atoms with E-state index in [1.807, 2.05) is 25.2 Å². The predicted octanol–water partition coefficient (Wildman–Crippen LogP) is 2.74. The van der Waals surface area contributed by atoms with Crippen molar-refractivity contribution in [2.24, 2.45) is 0 Å². The Kier molecular flexibility index (Phi) is 4.25. The SMILES string of the molecule is CNCc1ccccc1OCC1CCC(C)(C)O1. The van der Waals surface area contributed by atoms with Crippen molar-refractivity contribution in [1.29, 1.82) is 0 Å². The second-order valence-electron chi connectivity index (χ2n) is 5.49. The molecular formula is C15H23NO2. The highest BCUT2D eigenvalue weighted by atomic mass is 16.6. The predicted molar refractivity (Wildman–Crippen MR) is 72.9 cm³/mol. The number of para-hydroxylation sites is 1. The minimum atomic E-state index is 0.0124. The van der Waals surface area contributed by atoms with Crippen LogP contribution in [0.1, 0.15) is 32.3 Å². The topological polar surface area (TPSA) is 30.5 Å². The van der Waals surface area contributed by atoms with Crippen molar-refractivity contribution in [1.82, 2.24) is 5.32 Å². The molecule has 0 saturated carbocycles. The van der Waals surface area contributed by atoms with Crippen molar-refractivity contribution in [3.8, 4) is 5.75 Å². The van der Waals surface area contributed by atoms with Gasteiger partial charge in [0.2, 0.25) is 0 Å². The van der Waals surface area contributed by atoms with Crippen molar-refractivity contribution < 1.29 is 9.47 Å². The Labute approximate surface area is 109 Å². The average Bonchev–Trinajstić information content (AvgIpc) is 2.68. The molecule has 0 amide bonds. The van der Waals surface area contributed by atoms with Crippen LogP contribution >= 0.6 is 0 Å². The summed E-state index contributed by atoms with van der Waals surface area (Å²) in [5.41, 5.74) is 1.20. The van der Waals surface area contributed by atoms with Gasteiger partial charge in [0.15, 0.2) is 0 Å². The van der Waals surface area contributed by atoms with Crippen LogP contribution in [0.4, 0.5) is 0 Å². The van der Waals surface area contributed by atoms with E-state index < -0.39 is 0 Å². The summed E-state index contributed by atoms with van der Waals surface area (Å²) in [6.45, 7) is 5.75. The summed E-state index contributed by atoms with van der Waals surface area (Å²) in [7, 11) is 1.94. The van der Waals surface area contributed by atoms with E-state index in [9.17, 15) is 0 Å². The lowest BCUT2D eigenvalue weighted by atomic mass is 10.1. The summed E-state index contributed by atoms with van der Waals surface area (Å²) in [4.78, 5) is 0. The van der Waals surface area contributed by atoms with E-state index in [4.69, 9.17) is 9.47 Å². The highest BCUT2D eigenvalue weighted by Gasteiger charge is 2.31. The van der Waals surface area contributed by atoms with Crippen molar-refractivity contribution in [2.45, 2.75) is 44.9 Å². The maximum atomic E-state index is 5.93. The highest BCUT2D eigenvalue weighted by Crippen LogP contribution is 2.30. The molecule has 1 N–H and O–H groups in total. The Morgan fingerprint density at radius 3 is 2.83 bits per heavy atom. The molecule has 100 valence electrons. The standard InChI is InChI=1S/C15H23NO2/c1-15(2)9-8-13(18-15)11-17-14-7-5-4-6-12(14)10-16-3/h4-7,13,16H,8-11H2,1-3H3. The van der Waals surface area contributed by atoms with Gasteiger partial charge in [-0.2, -0.15) is 0 Å². The normalized spacial score (nSPS) is 22.1. The molecule has 1 fully saturated rings. The Hall–Kier alpha value is -1.06. The van der Waals surface area contributed by atoms with Gasteiger partial charge in [-0.25, -0.2) is 0 Å². The van der Waals surface area contributed by atoms with E-state index in [0.717, 1.165) is 25.1 Å². The summed E-state index contributed by atoms with van der Waals surface area (Å²) in [5, 5.41) is 3.15. The fraction of sp³-hybridized carbons (Fsp3) is 0.600. The fourth-order valence-corrected chi connectivity index (χ4v) is 2.36. The monoisotopic (exact) mass is 249 g/mol. The zero-order chi connectivity index (χ0) is 13.0. The molecule has 3 nitrogen and oxygen atoms in total. The molecule has 1 saturated heterocycles. The van der Waals surface area contributed by atoms with Gasteiger partial charge in [0.25, 0.3) is 0 Å². The van der Waals surface area contributed by atoms with Crippen LogP contribution in [0.25, 0.3) is 0 Å². The quantitative estimate of drug-likeness (QED) is 0.870. The van der Waals surface area contributed by atoms with E-state index in [1.165, 1.54) is 5.56 Å². The Morgan fingerprint density at radius 1 is 1.39 bits per heavy atom. The molecule has 0 aliphatic carbocycles. The molecule has 1 heterocycles. The van der Waals surface area contributed by atoms with Crippen LogP contribution in [0.2, 0.25) is 0 Å². The molecule has 3 heteroatoms. The van der Waals surface area contributed by atoms with Gasteiger partial charge in [-0.05, 0) is 39.8 Å². The van der Waals surface area contributed by atoms with Crippen LogP contribution in [0, 0.1) is 0 Å². The zero-order valence-electron chi connectivity index (χ0n) is 11.5. The molecule has 1 atom stereocenters. The minimum absolute atomic E-state index is 0.0124. The number of ether oxygens (including phenoxy) is 2. The number of nitrogens with one attached hydrogen (secondary N) is 1. The van der Waals surface area contributed by atoms with E-state index in [0.29, 0.717) is 6.61 Å². The largest absolute Gasteiger partial charge is 0.491 e. The molecule has 0 spiro atoms. The first-order valence-corrected chi connectivity index (χ1v) is 6.64. The summed E-state index contributed by atoms with van der Waals surface area (Å²) >= 11 is 0. The second-order valence-corrected chi connectivity index (χ2v) is 5.49. The molecule has 0 bridgehead atoms. The van der Waals surface area contributed by atoms with Crippen LogP contribution in [0.3, 0.4) is 0 Å². The third-order valence-corrected chi connectivity index (χ3v) is 3.32. The van der Waals surface area contributed by atoms with Crippen molar-refractivity contribution in [3.63, 3.8) is 0 Å². The second kappa shape index (κ2) is 5.72. The van der Waals surface area contributed by atoms with Crippen molar-refractivity contribution in [3.05, 3.63) is 29.8 Å². The van der Waals surface area contributed by atoms with Gasteiger partial charge < -0.3 is 14.8 Å². The lowest BCUT2D eigenvalue weighted by Crippen LogP contribution is -2.24. The van der Waals surface area contributed by atoms with Crippen LogP contribution in [-0.4, -0.2) is 25.4 Å². The third-order valence-electron chi connectivity index (χ3n) is 3.32. The van der Waals surface area contributed by atoms with E-state index in [-0.39, 0.29) is 11.7 Å². The molecule has 1 aliphatic rings. The number of hydrogen-bond acceptors (Lipinski definition) is 3. The Morgan fingerprint density at radius 2 is 2.17 bits per heavy atom. The van der Waals surface area contributed by atoms with E-state index in [2.05, 4.69) is 25.2 Å². The summed E-state index contributed by atoms with van der Waals surface area (Å²) < 4.78 is 11.8. The van der Waals surface area contributed by atoms with Crippen molar-refractivity contribution in [2.75, 3.05) is 13.7 Å². The molecule has 1 aromatic carbocycles. The third kappa shape index (κ3) is 3.47. The van der Waals surface area contributed by atoms with Crippen LogP contribution < -0.4 is 10.1 Å². The smallest absolute Gasteiger partial charge is 0.123 e. The van der Waals surface area contributed by atoms with Gasteiger partial charge in [-0.1, -0.05) is 18.2 Å². The average molecular weight is 249 g/mol. The molecule has 2 rings (SSSR count). The summed E-state index contributed by atoms with van der Waals surface area (Å²) in [6, 6.07) is 8.15. The Bertz CT molecular complexity index is 390. The highest BCUT2D eigenvalue weighted by molar-refractivity contribution is 5.33. The number of rotatable bonds is 5. The maximum absolute atomic E-state index is 5.93. The van der Waals surface area contributed by atoms with Gasteiger partial charge in [0, 0.05) is 12.1 Å².